The Labute approximate surface area is 140 Å². The van der Waals surface area contributed by atoms with Gasteiger partial charge in [-0.25, -0.2) is 0 Å². The van der Waals surface area contributed by atoms with Crippen LogP contribution < -0.4 is 10.1 Å². The van der Waals surface area contributed by atoms with Crippen molar-refractivity contribution in [1.82, 2.24) is 20.1 Å². The smallest absolute Gasteiger partial charge is 0.230 e. The van der Waals surface area contributed by atoms with Crippen LogP contribution in [-0.2, 0) is 4.79 Å². The lowest BCUT2D eigenvalue weighted by Gasteiger charge is -2.17. The molecule has 2 aromatic rings. The van der Waals surface area contributed by atoms with Gasteiger partial charge < -0.3 is 10.1 Å². The van der Waals surface area contributed by atoms with E-state index in [1.807, 2.05) is 35.8 Å². The van der Waals surface area contributed by atoms with Gasteiger partial charge >= 0.3 is 0 Å². The molecule has 0 bridgehead atoms. The number of methoxy groups -OCH3 is 1. The average molecular weight is 334 g/mol. The second-order valence-corrected chi connectivity index (χ2v) is 6.49. The number of nitrogens with zero attached hydrogens (tertiary/aromatic N) is 3. The van der Waals surface area contributed by atoms with E-state index in [4.69, 9.17) is 4.74 Å². The molecule has 0 radical (unpaired) electrons. The fourth-order valence-corrected chi connectivity index (χ4v) is 2.64. The highest BCUT2D eigenvalue weighted by Gasteiger charge is 2.15. The molecule has 0 fully saturated rings. The molecule has 1 heterocycles. The molecule has 0 spiro atoms. The molecule has 0 saturated carbocycles. The van der Waals surface area contributed by atoms with Crippen molar-refractivity contribution in [2.45, 2.75) is 32.0 Å². The van der Waals surface area contributed by atoms with Crippen LogP contribution in [0.1, 0.15) is 20.8 Å². The molecule has 1 unspecified atom stereocenters. The minimum atomic E-state index is -0.00854. The highest BCUT2D eigenvalue weighted by molar-refractivity contribution is 7.99. The predicted octanol–water partition coefficient (Wildman–Crippen LogP) is 2.53. The van der Waals surface area contributed by atoms with E-state index in [2.05, 4.69) is 29.4 Å². The van der Waals surface area contributed by atoms with Gasteiger partial charge in [0.15, 0.2) is 5.16 Å². The minimum Gasteiger partial charge on any atom is -0.495 e. The molecule has 1 amide bonds. The van der Waals surface area contributed by atoms with Crippen LogP contribution in [0.25, 0.3) is 5.69 Å². The lowest BCUT2D eigenvalue weighted by Crippen LogP contribution is -2.37. The Morgan fingerprint density at radius 1 is 1.35 bits per heavy atom. The van der Waals surface area contributed by atoms with Gasteiger partial charge in [0, 0.05) is 6.04 Å². The van der Waals surface area contributed by atoms with Crippen molar-refractivity contribution in [3.05, 3.63) is 30.6 Å². The quantitative estimate of drug-likeness (QED) is 0.788. The monoisotopic (exact) mass is 334 g/mol. The van der Waals surface area contributed by atoms with E-state index in [0.717, 1.165) is 11.4 Å². The third kappa shape index (κ3) is 4.48. The zero-order chi connectivity index (χ0) is 16.8. The Morgan fingerprint density at radius 3 is 2.78 bits per heavy atom. The van der Waals surface area contributed by atoms with Crippen LogP contribution in [0.15, 0.2) is 35.7 Å². The molecule has 7 heteroatoms. The number of carbonyl (C=O) groups is 1. The number of hydrogen-bond donors (Lipinski definition) is 1. The number of thioether (sulfide) groups is 1. The molecule has 0 saturated heterocycles. The third-order valence-corrected chi connectivity index (χ3v) is 4.53. The van der Waals surface area contributed by atoms with Crippen molar-refractivity contribution in [1.29, 1.82) is 0 Å². The molecule has 1 aromatic carbocycles. The van der Waals surface area contributed by atoms with E-state index in [1.165, 1.54) is 11.8 Å². The number of nitrogens with one attached hydrogen (secondary N) is 1. The molecule has 1 aromatic heterocycles. The lowest BCUT2D eigenvalue weighted by atomic mass is 10.1. The van der Waals surface area contributed by atoms with Crippen LogP contribution in [0.4, 0.5) is 0 Å². The molecule has 0 aliphatic carbocycles. The molecule has 23 heavy (non-hydrogen) atoms. The normalized spacial score (nSPS) is 12.2. The summed E-state index contributed by atoms with van der Waals surface area (Å²) in [6, 6.07) is 7.77. The number of carbonyl (C=O) groups excluding carboxylic acids is 1. The van der Waals surface area contributed by atoms with Gasteiger partial charge in [0.05, 0.1) is 18.6 Å². The molecular formula is C16H22N4O2S. The molecule has 0 aliphatic heterocycles. The van der Waals surface area contributed by atoms with Crippen molar-refractivity contribution in [2.24, 2.45) is 5.92 Å². The van der Waals surface area contributed by atoms with E-state index < -0.39 is 0 Å². The zero-order valence-corrected chi connectivity index (χ0v) is 14.6. The first-order chi connectivity index (χ1) is 11.0. The number of para-hydroxylation sites is 2. The highest BCUT2D eigenvalue weighted by Crippen LogP contribution is 2.26. The van der Waals surface area contributed by atoms with Gasteiger partial charge in [-0.3, -0.25) is 9.36 Å². The third-order valence-electron chi connectivity index (χ3n) is 3.58. The summed E-state index contributed by atoms with van der Waals surface area (Å²) in [5, 5.41) is 11.7. The summed E-state index contributed by atoms with van der Waals surface area (Å²) < 4.78 is 7.19. The minimum absolute atomic E-state index is 0.00854. The molecule has 0 aliphatic rings. The van der Waals surface area contributed by atoms with Crippen LogP contribution in [0.2, 0.25) is 0 Å². The van der Waals surface area contributed by atoms with Crippen LogP contribution in [0.5, 0.6) is 5.75 Å². The summed E-state index contributed by atoms with van der Waals surface area (Å²) in [7, 11) is 1.62. The number of aromatic nitrogens is 3. The van der Waals surface area contributed by atoms with Crippen molar-refractivity contribution in [3.8, 4) is 11.4 Å². The lowest BCUT2D eigenvalue weighted by molar-refractivity contribution is -0.119. The fourth-order valence-electron chi connectivity index (χ4n) is 1.91. The number of rotatable bonds is 7. The van der Waals surface area contributed by atoms with Crippen molar-refractivity contribution >= 4 is 17.7 Å². The summed E-state index contributed by atoms with van der Waals surface area (Å²) >= 11 is 1.35. The maximum Gasteiger partial charge on any atom is 0.230 e. The average Bonchev–Trinajstić information content (AvgIpc) is 3.01. The van der Waals surface area contributed by atoms with Gasteiger partial charge in [0.25, 0.3) is 0 Å². The van der Waals surface area contributed by atoms with E-state index >= 15 is 0 Å². The Balaban J connectivity index is 2.06. The largest absolute Gasteiger partial charge is 0.495 e. The van der Waals surface area contributed by atoms with Gasteiger partial charge in [-0.2, -0.15) is 0 Å². The summed E-state index contributed by atoms with van der Waals surface area (Å²) in [4.78, 5) is 12.0. The number of ether oxygens (including phenoxy) is 1. The molecule has 1 N–H and O–H groups in total. The molecular weight excluding hydrogens is 312 g/mol. The van der Waals surface area contributed by atoms with E-state index in [9.17, 15) is 4.79 Å². The Morgan fingerprint density at radius 2 is 2.09 bits per heavy atom. The fraction of sp³-hybridized carbons (Fsp3) is 0.438. The Kier molecular flexibility index (Phi) is 6.04. The predicted molar refractivity (Wildman–Crippen MR) is 91.1 cm³/mol. The SMILES string of the molecule is COc1ccccc1-n1cnnc1SCC(=O)NC(C)C(C)C. The van der Waals surface area contributed by atoms with Gasteiger partial charge in [-0.05, 0) is 25.0 Å². The number of benzene rings is 1. The van der Waals surface area contributed by atoms with Crippen LogP contribution >= 0.6 is 11.8 Å². The van der Waals surface area contributed by atoms with Gasteiger partial charge in [0.2, 0.25) is 5.91 Å². The first-order valence-electron chi connectivity index (χ1n) is 7.48. The zero-order valence-electron chi connectivity index (χ0n) is 13.8. The van der Waals surface area contributed by atoms with Crippen LogP contribution in [0.3, 0.4) is 0 Å². The van der Waals surface area contributed by atoms with E-state index in [1.54, 1.807) is 13.4 Å². The second kappa shape index (κ2) is 8.01. The first kappa shape index (κ1) is 17.3. The summed E-state index contributed by atoms with van der Waals surface area (Å²) in [5.41, 5.74) is 0.846. The van der Waals surface area contributed by atoms with Gasteiger partial charge in [0.1, 0.15) is 12.1 Å². The number of amides is 1. The van der Waals surface area contributed by atoms with Crippen LogP contribution in [0, 0.1) is 5.92 Å². The van der Waals surface area contributed by atoms with E-state index in [0.29, 0.717) is 16.8 Å². The summed E-state index contributed by atoms with van der Waals surface area (Å²) in [6.45, 7) is 6.16. The van der Waals surface area contributed by atoms with Crippen molar-refractivity contribution in [3.63, 3.8) is 0 Å². The molecule has 1 atom stereocenters. The maximum absolute atomic E-state index is 12.0. The maximum atomic E-state index is 12.0. The summed E-state index contributed by atoms with van der Waals surface area (Å²) in [5.74, 6) is 1.42. The van der Waals surface area contributed by atoms with Gasteiger partial charge in [-0.15, -0.1) is 10.2 Å². The Hall–Kier alpha value is -2.02. The second-order valence-electron chi connectivity index (χ2n) is 5.54. The Bertz CT molecular complexity index is 657. The highest BCUT2D eigenvalue weighted by atomic mass is 32.2. The van der Waals surface area contributed by atoms with Crippen molar-refractivity contribution < 1.29 is 9.53 Å². The molecule has 6 nitrogen and oxygen atoms in total. The summed E-state index contributed by atoms with van der Waals surface area (Å²) in [6.07, 6.45) is 1.62. The van der Waals surface area contributed by atoms with Crippen molar-refractivity contribution in [2.75, 3.05) is 12.9 Å². The van der Waals surface area contributed by atoms with Crippen LogP contribution in [-0.4, -0.2) is 39.6 Å². The topological polar surface area (TPSA) is 69.0 Å². The van der Waals surface area contributed by atoms with E-state index in [-0.39, 0.29) is 11.9 Å². The standard InChI is InChI=1S/C16H22N4O2S/c1-11(2)12(3)18-15(21)9-23-16-19-17-10-20(16)13-7-5-6-8-14(13)22-4/h5-8,10-12H,9H2,1-4H3,(H,18,21). The molecule has 2 rings (SSSR count). The number of hydrogen-bond acceptors (Lipinski definition) is 5. The first-order valence-corrected chi connectivity index (χ1v) is 8.47. The molecule has 124 valence electrons. The van der Waals surface area contributed by atoms with Gasteiger partial charge in [-0.1, -0.05) is 37.7 Å².